The van der Waals surface area contributed by atoms with Crippen LogP contribution in [0.15, 0.2) is 34.2 Å². The van der Waals surface area contributed by atoms with Crippen LogP contribution in [0.1, 0.15) is 25.7 Å². The maximum atomic E-state index is 13.6. The summed E-state index contributed by atoms with van der Waals surface area (Å²) in [4.78, 5) is 10.2. The Bertz CT molecular complexity index is 595. The molecule has 152 valence electrons. The fourth-order valence-electron chi connectivity index (χ4n) is 3.90. The number of nitrogens with one attached hydrogen (secondary N) is 1. The van der Waals surface area contributed by atoms with Crippen LogP contribution in [0.4, 0.5) is 4.39 Å². The molecule has 2 fully saturated rings. The summed E-state index contributed by atoms with van der Waals surface area (Å²) in [5.74, 6) is 2.42. The second kappa shape index (κ2) is 12.1. The molecule has 3 rings (SSSR count). The molecule has 0 spiro atoms. The molecular formula is C20H32FIN4S. The van der Waals surface area contributed by atoms with Gasteiger partial charge in [0.05, 0.1) is 0 Å². The lowest BCUT2D eigenvalue weighted by Crippen LogP contribution is -2.42. The summed E-state index contributed by atoms with van der Waals surface area (Å²) in [5, 5.41) is 3.44. The molecule has 0 aromatic heterocycles. The third-order valence-electron chi connectivity index (χ3n) is 5.24. The third kappa shape index (κ3) is 7.09. The molecule has 0 saturated carbocycles. The van der Waals surface area contributed by atoms with E-state index in [1.807, 2.05) is 19.2 Å². The van der Waals surface area contributed by atoms with Crippen LogP contribution in [-0.4, -0.2) is 67.8 Å². The van der Waals surface area contributed by atoms with Crippen molar-refractivity contribution in [2.45, 2.75) is 30.6 Å². The number of likely N-dealkylation sites (tertiary alicyclic amines) is 2. The second-order valence-corrected chi connectivity index (χ2v) is 8.35. The van der Waals surface area contributed by atoms with Gasteiger partial charge in [-0.1, -0.05) is 18.6 Å². The Hall–Kier alpha value is -0.540. The van der Waals surface area contributed by atoms with Crippen molar-refractivity contribution < 1.29 is 4.39 Å². The van der Waals surface area contributed by atoms with E-state index in [0.29, 0.717) is 4.90 Å². The summed E-state index contributed by atoms with van der Waals surface area (Å²) in [6.07, 6.45) is 5.37. The number of hydrogen-bond acceptors (Lipinski definition) is 3. The highest BCUT2D eigenvalue weighted by molar-refractivity contribution is 14.0. The monoisotopic (exact) mass is 506 g/mol. The molecule has 0 aliphatic carbocycles. The summed E-state index contributed by atoms with van der Waals surface area (Å²) in [6, 6.07) is 6.96. The molecule has 2 heterocycles. The molecule has 1 N–H and O–H groups in total. The van der Waals surface area contributed by atoms with Gasteiger partial charge in [-0.3, -0.25) is 4.99 Å². The van der Waals surface area contributed by atoms with Gasteiger partial charge in [0, 0.05) is 43.9 Å². The molecule has 1 aromatic rings. The van der Waals surface area contributed by atoms with Gasteiger partial charge in [0.25, 0.3) is 0 Å². The van der Waals surface area contributed by atoms with E-state index in [0.717, 1.165) is 37.3 Å². The first-order valence-electron chi connectivity index (χ1n) is 9.81. The molecule has 2 aliphatic rings. The minimum atomic E-state index is -0.137. The Morgan fingerprint density at radius 3 is 2.74 bits per heavy atom. The van der Waals surface area contributed by atoms with Crippen molar-refractivity contribution in [1.82, 2.24) is 15.1 Å². The highest BCUT2D eigenvalue weighted by Crippen LogP contribution is 2.21. The van der Waals surface area contributed by atoms with E-state index < -0.39 is 0 Å². The summed E-state index contributed by atoms with van der Waals surface area (Å²) >= 11 is 1.55. The predicted molar refractivity (Wildman–Crippen MR) is 124 cm³/mol. The minimum Gasteiger partial charge on any atom is -0.355 e. The van der Waals surface area contributed by atoms with Gasteiger partial charge in [0.2, 0.25) is 0 Å². The first-order valence-corrected chi connectivity index (χ1v) is 10.8. The number of hydrogen-bond donors (Lipinski definition) is 1. The van der Waals surface area contributed by atoms with Gasteiger partial charge in [-0.2, -0.15) is 0 Å². The highest BCUT2D eigenvalue weighted by Gasteiger charge is 2.26. The Morgan fingerprint density at radius 1 is 1.22 bits per heavy atom. The number of guanidine groups is 1. The summed E-state index contributed by atoms with van der Waals surface area (Å²) in [7, 11) is 1.85. The Kier molecular flexibility index (Phi) is 10.2. The van der Waals surface area contributed by atoms with E-state index in [1.165, 1.54) is 51.4 Å². The lowest BCUT2D eigenvalue weighted by Gasteiger charge is -2.29. The van der Waals surface area contributed by atoms with E-state index in [2.05, 4.69) is 20.1 Å². The molecule has 0 amide bonds. The number of thioether (sulfide) groups is 1. The largest absolute Gasteiger partial charge is 0.355 e. The lowest BCUT2D eigenvalue weighted by atomic mass is 10.1. The molecule has 1 aromatic carbocycles. The molecule has 1 unspecified atom stereocenters. The lowest BCUT2D eigenvalue weighted by molar-refractivity contribution is 0.198. The average molecular weight is 506 g/mol. The first kappa shape index (κ1) is 22.7. The zero-order valence-electron chi connectivity index (χ0n) is 16.2. The van der Waals surface area contributed by atoms with Crippen molar-refractivity contribution in [3.8, 4) is 0 Å². The fraction of sp³-hybridized carbons (Fsp3) is 0.650. The molecule has 0 radical (unpaired) electrons. The van der Waals surface area contributed by atoms with Crippen LogP contribution in [0.3, 0.4) is 0 Å². The minimum absolute atomic E-state index is 0. The Morgan fingerprint density at radius 2 is 2.00 bits per heavy atom. The van der Waals surface area contributed by atoms with E-state index in [-0.39, 0.29) is 29.8 Å². The van der Waals surface area contributed by atoms with Crippen LogP contribution in [0.2, 0.25) is 0 Å². The van der Waals surface area contributed by atoms with Crippen molar-refractivity contribution in [2.75, 3.05) is 52.1 Å². The predicted octanol–water partition coefficient (Wildman–Crippen LogP) is 3.92. The van der Waals surface area contributed by atoms with Crippen molar-refractivity contribution in [2.24, 2.45) is 10.9 Å². The zero-order valence-corrected chi connectivity index (χ0v) is 19.3. The molecule has 27 heavy (non-hydrogen) atoms. The van der Waals surface area contributed by atoms with Crippen LogP contribution in [0.25, 0.3) is 0 Å². The molecule has 7 heteroatoms. The van der Waals surface area contributed by atoms with Crippen LogP contribution in [0.5, 0.6) is 0 Å². The van der Waals surface area contributed by atoms with Gasteiger partial charge >= 0.3 is 0 Å². The summed E-state index contributed by atoms with van der Waals surface area (Å²) in [5.41, 5.74) is 0. The van der Waals surface area contributed by atoms with E-state index >= 15 is 0 Å². The number of rotatable bonds is 6. The number of halogens is 2. The SMILES string of the molecule is CN=C(NCCSc1ccccc1F)N1CCC(CN2CCCCC2)C1.I. The Balaban J connectivity index is 0.00000261. The molecule has 0 bridgehead atoms. The van der Waals surface area contributed by atoms with Gasteiger partial charge in [0.15, 0.2) is 5.96 Å². The first-order chi connectivity index (χ1) is 12.8. The normalized spacial score (nSPS) is 21.2. The molecule has 4 nitrogen and oxygen atoms in total. The number of piperidine rings is 1. The van der Waals surface area contributed by atoms with Crippen LogP contribution >= 0.6 is 35.7 Å². The smallest absolute Gasteiger partial charge is 0.193 e. The van der Waals surface area contributed by atoms with E-state index in [9.17, 15) is 4.39 Å². The van der Waals surface area contributed by atoms with Crippen LogP contribution in [-0.2, 0) is 0 Å². The number of benzene rings is 1. The van der Waals surface area contributed by atoms with Crippen LogP contribution in [0, 0.1) is 11.7 Å². The zero-order chi connectivity index (χ0) is 18.2. The standard InChI is InChI=1S/C20H31FN4S.HI/c1-22-20(23-10-14-26-19-8-4-3-7-18(19)21)25-13-9-17(16-25)15-24-11-5-2-6-12-24;/h3-4,7-8,17H,2,5-6,9-16H2,1H3,(H,22,23);1H. The van der Waals surface area contributed by atoms with Gasteiger partial charge in [0.1, 0.15) is 5.82 Å². The van der Waals surface area contributed by atoms with Gasteiger partial charge in [-0.05, 0) is 50.4 Å². The molecule has 1 atom stereocenters. The fourth-order valence-corrected chi connectivity index (χ4v) is 4.70. The summed E-state index contributed by atoms with van der Waals surface area (Å²) in [6.45, 7) is 6.75. The van der Waals surface area contributed by atoms with Crippen molar-refractivity contribution in [3.05, 3.63) is 30.1 Å². The number of aliphatic imine (C=N–C) groups is 1. The quantitative estimate of drug-likeness (QED) is 0.208. The highest BCUT2D eigenvalue weighted by atomic mass is 127. The van der Waals surface area contributed by atoms with Crippen LogP contribution < -0.4 is 5.32 Å². The van der Waals surface area contributed by atoms with Crippen molar-refractivity contribution in [3.63, 3.8) is 0 Å². The van der Waals surface area contributed by atoms with E-state index in [1.54, 1.807) is 17.8 Å². The van der Waals surface area contributed by atoms with Crippen molar-refractivity contribution in [1.29, 1.82) is 0 Å². The van der Waals surface area contributed by atoms with Gasteiger partial charge in [-0.15, -0.1) is 35.7 Å². The molecule has 2 saturated heterocycles. The Labute approximate surface area is 184 Å². The third-order valence-corrected chi connectivity index (χ3v) is 6.29. The summed E-state index contributed by atoms with van der Waals surface area (Å²) < 4.78 is 13.6. The maximum absolute atomic E-state index is 13.6. The number of nitrogens with zero attached hydrogens (tertiary/aromatic N) is 3. The van der Waals surface area contributed by atoms with E-state index in [4.69, 9.17) is 0 Å². The molecular weight excluding hydrogens is 474 g/mol. The second-order valence-electron chi connectivity index (χ2n) is 7.21. The maximum Gasteiger partial charge on any atom is 0.193 e. The molecule has 2 aliphatic heterocycles. The average Bonchev–Trinajstić information content (AvgIpc) is 3.12. The topological polar surface area (TPSA) is 30.9 Å². The van der Waals surface area contributed by atoms with Crippen molar-refractivity contribution >= 4 is 41.7 Å². The van der Waals surface area contributed by atoms with Gasteiger partial charge < -0.3 is 15.1 Å². The van der Waals surface area contributed by atoms with Gasteiger partial charge in [-0.25, -0.2) is 4.39 Å².